The fourth-order valence-corrected chi connectivity index (χ4v) is 2.16. The second-order valence-electron chi connectivity index (χ2n) is 2.18. The number of halogens is 2. The molecule has 0 amide bonds. The molecule has 60 valence electrons. The van der Waals surface area contributed by atoms with Gasteiger partial charge in [0.2, 0.25) is 0 Å². The molecule has 0 spiro atoms. The molecule has 0 bridgehead atoms. The quantitative estimate of drug-likeness (QED) is 0.700. The SMILES string of the molecule is Brc1cc(Br)c2ncncc2n1. The third-order valence-electron chi connectivity index (χ3n) is 1.39. The van der Waals surface area contributed by atoms with E-state index < -0.39 is 0 Å². The molecule has 2 aromatic heterocycles. The highest BCUT2D eigenvalue weighted by atomic mass is 79.9. The Balaban J connectivity index is 2.89. The summed E-state index contributed by atoms with van der Waals surface area (Å²) in [5, 5.41) is 0. The summed E-state index contributed by atoms with van der Waals surface area (Å²) in [5.74, 6) is 0. The maximum atomic E-state index is 4.20. The summed E-state index contributed by atoms with van der Waals surface area (Å²) >= 11 is 6.67. The van der Waals surface area contributed by atoms with Gasteiger partial charge in [0.15, 0.2) is 0 Å². The summed E-state index contributed by atoms with van der Waals surface area (Å²) in [5.41, 5.74) is 1.60. The van der Waals surface area contributed by atoms with Crippen LogP contribution in [-0.2, 0) is 0 Å². The molecule has 0 saturated heterocycles. The molecule has 0 N–H and O–H groups in total. The first-order valence-corrected chi connectivity index (χ1v) is 4.78. The summed E-state index contributed by atoms with van der Waals surface area (Å²) in [6.07, 6.45) is 3.18. The highest BCUT2D eigenvalue weighted by molar-refractivity contribution is 9.11. The zero-order valence-corrected chi connectivity index (χ0v) is 9.00. The number of aromatic nitrogens is 3. The van der Waals surface area contributed by atoms with Crippen LogP contribution in [0.25, 0.3) is 11.0 Å². The van der Waals surface area contributed by atoms with Crippen LogP contribution in [0.4, 0.5) is 0 Å². The molecule has 0 fully saturated rings. The van der Waals surface area contributed by atoms with E-state index in [1.54, 1.807) is 6.20 Å². The average Bonchev–Trinajstić information content (AvgIpc) is 2.04. The van der Waals surface area contributed by atoms with Gasteiger partial charge in [-0.1, -0.05) is 0 Å². The van der Waals surface area contributed by atoms with Crippen LogP contribution in [-0.4, -0.2) is 15.0 Å². The Morgan fingerprint density at radius 3 is 2.92 bits per heavy atom. The van der Waals surface area contributed by atoms with Gasteiger partial charge in [-0.2, -0.15) is 0 Å². The van der Waals surface area contributed by atoms with Gasteiger partial charge in [0.25, 0.3) is 0 Å². The van der Waals surface area contributed by atoms with Crippen molar-refractivity contribution >= 4 is 42.9 Å². The Morgan fingerprint density at radius 2 is 2.08 bits per heavy atom. The van der Waals surface area contributed by atoms with Gasteiger partial charge in [-0.25, -0.2) is 15.0 Å². The molecular weight excluding hydrogens is 286 g/mol. The zero-order chi connectivity index (χ0) is 8.55. The first-order chi connectivity index (χ1) is 5.77. The van der Waals surface area contributed by atoms with E-state index in [2.05, 4.69) is 46.8 Å². The Morgan fingerprint density at radius 1 is 1.25 bits per heavy atom. The molecule has 3 nitrogen and oxygen atoms in total. The molecular formula is C7H3Br2N3. The van der Waals surface area contributed by atoms with Gasteiger partial charge in [-0.15, -0.1) is 0 Å². The lowest BCUT2D eigenvalue weighted by Gasteiger charge is -1.97. The first kappa shape index (κ1) is 8.07. The normalized spacial score (nSPS) is 10.5. The van der Waals surface area contributed by atoms with Crippen molar-refractivity contribution in [1.29, 1.82) is 0 Å². The smallest absolute Gasteiger partial charge is 0.116 e. The second kappa shape index (κ2) is 3.06. The molecule has 0 atom stereocenters. The maximum Gasteiger partial charge on any atom is 0.116 e. The summed E-state index contributed by atoms with van der Waals surface area (Å²) in [7, 11) is 0. The fraction of sp³-hybridized carbons (Fsp3) is 0. The third-order valence-corrected chi connectivity index (χ3v) is 2.40. The van der Waals surface area contributed by atoms with Crippen molar-refractivity contribution in [1.82, 2.24) is 15.0 Å². The molecule has 0 aliphatic rings. The lowest BCUT2D eigenvalue weighted by atomic mass is 10.4. The minimum Gasteiger partial charge on any atom is -0.243 e. The Bertz CT molecular complexity index is 430. The van der Waals surface area contributed by atoms with Crippen LogP contribution < -0.4 is 0 Å². The van der Waals surface area contributed by atoms with E-state index in [0.29, 0.717) is 0 Å². The number of hydrogen-bond donors (Lipinski definition) is 0. The van der Waals surface area contributed by atoms with E-state index in [-0.39, 0.29) is 0 Å². The largest absolute Gasteiger partial charge is 0.243 e. The third kappa shape index (κ3) is 1.34. The van der Waals surface area contributed by atoms with Crippen molar-refractivity contribution in [2.75, 3.05) is 0 Å². The monoisotopic (exact) mass is 287 g/mol. The minimum absolute atomic E-state index is 0.775. The molecule has 0 saturated carbocycles. The second-order valence-corrected chi connectivity index (χ2v) is 3.85. The highest BCUT2D eigenvalue weighted by Gasteiger charge is 2.01. The predicted molar refractivity (Wildman–Crippen MR) is 52.7 cm³/mol. The van der Waals surface area contributed by atoms with Crippen molar-refractivity contribution in [2.45, 2.75) is 0 Å². The first-order valence-electron chi connectivity index (χ1n) is 3.19. The Hall–Kier alpha value is -0.550. The van der Waals surface area contributed by atoms with Crippen molar-refractivity contribution in [3.8, 4) is 0 Å². The number of hydrogen-bond acceptors (Lipinski definition) is 3. The van der Waals surface area contributed by atoms with Gasteiger partial charge in [-0.3, -0.25) is 0 Å². The van der Waals surface area contributed by atoms with Crippen molar-refractivity contribution in [2.24, 2.45) is 0 Å². The van der Waals surface area contributed by atoms with Gasteiger partial charge >= 0.3 is 0 Å². The van der Waals surface area contributed by atoms with E-state index in [1.165, 1.54) is 6.33 Å². The maximum absolute atomic E-state index is 4.20. The molecule has 5 heteroatoms. The van der Waals surface area contributed by atoms with Crippen molar-refractivity contribution in [3.63, 3.8) is 0 Å². The van der Waals surface area contributed by atoms with E-state index in [0.717, 1.165) is 20.1 Å². The van der Waals surface area contributed by atoms with Crippen LogP contribution in [0.3, 0.4) is 0 Å². The average molecular weight is 289 g/mol. The Kier molecular flexibility index (Phi) is 2.06. The molecule has 2 rings (SSSR count). The van der Waals surface area contributed by atoms with Crippen molar-refractivity contribution < 1.29 is 0 Å². The van der Waals surface area contributed by atoms with Crippen molar-refractivity contribution in [3.05, 3.63) is 27.7 Å². The number of pyridine rings is 1. The van der Waals surface area contributed by atoms with Gasteiger partial charge < -0.3 is 0 Å². The minimum atomic E-state index is 0.775. The van der Waals surface area contributed by atoms with Gasteiger partial charge in [0.1, 0.15) is 22.0 Å². The standard InChI is InChI=1S/C7H3Br2N3/c8-4-1-6(9)12-5-2-10-3-11-7(4)5/h1-3H. The number of fused-ring (bicyclic) bond motifs is 1. The number of rotatable bonds is 0. The summed E-state index contributed by atoms with van der Waals surface area (Å²) < 4.78 is 1.69. The summed E-state index contributed by atoms with van der Waals surface area (Å²) in [6, 6.07) is 1.86. The molecule has 0 aliphatic carbocycles. The van der Waals surface area contributed by atoms with E-state index in [4.69, 9.17) is 0 Å². The fourth-order valence-electron chi connectivity index (χ4n) is 0.908. The molecule has 2 heterocycles. The molecule has 0 aliphatic heterocycles. The van der Waals surface area contributed by atoms with Crippen LogP contribution in [0.1, 0.15) is 0 Å². The van der Waals surface area contributed by atoms with Gasteiger partial charge in [-0.05, 0) is 37.9 Å². The van der Waals surface area contributed by atoms with E-state index in [9.17, 15) is 0 Å². The highest BCUT2D eigenvalue weighted by Crippen LogP contribution is 2.22. The van der Waals surface area contributed by atoms with Crippen LogP contribution in [0.5, 0.6) is 0 Å². The molecule has 0 unspecified atom stereocenters. The zero-order valence-electron chi connectivity index (χ0n) is 5.83. The van der Waals surface area contributed by atoms with Crippen LogP contribution in [0.15, 0.2) is 27.7 Å². The lowest BCUT2D eigenvalue weighted by Crippen LogP contribution is -1.86. The molecule has 0 aromatic carbocycles. The van der Waals surface area contributed by atoms with E-state index in [1.807, 2.05) is 6.07 Å². The lowest BCUT2D eigenvalue weighted by molar-refractivity contribution is 1.18. The number of nitrogens with zero attached hydrogens (tertiary/aromatic N) is 3. The topological polar surface area (TPSA) is 38.7 Å². The van der Waals surface area contributed by atoms with Crippen LogP contribution >= 0.6 is 31.9 Å². The van der Waals surface area contributed by atoms with Gasteiger partial charge in [0.05, 0.1) is 6.20 Å². The summed E-state index contributed by atoms with van der Waals surface area (Å²) in [4.78, 5) is 12.2. The Labute approximate surface area is 85.5 Å². The van der Waals surface area contributed by atoms with Crippen LogP contribution in [0, 0.1) is 0 Å². The molecule has 0 radical (unpaired) electrons. The van der Waals surface area contributed by atoms with Gasteiger partial charge in [0, 0.05) is 4.47 Å². The van der Waals surface area contributed by atoms with Crippen LogP contribution in [0.2, 0.25) is 0 Å². The molecule has 2 aromatic rings. The molecule has 12 heavy (non-hydrogen) atoms. The van der Waals surface area contributed by atoms with E-state index >= 15 is 0 Å². The predicted octanol–water partition coefficient (Wildman–Crippen LogP) is 2.55. The summed E-state index contributed by atoms with van der Waals surface area (Å²) in [6.45, 7) is 0.